The molecule has 0 saturated carbocycles. The quantitative estimate of drug-likeness (QED) is 0.668. The molecule has 1 aromatic carbocycles. The maximum atomic E-state index is 12.5. The van der Waals surface area contributed by atoms with Crippen LogP contribution >= 0.6 is 0 Å². The Labute approximate surface area is 142 Å². The number of fused-ring (bicyclic) bond motifs is 1. The first-order valence-electron chi connectivity index (χ1n) is 7.80. The van der Waals surface area contributed by atoms with Gasteiger partial charge in [-0.15, -0.1) is 0 Å². The first kappa shape index (κ1) is 16.4. The molecule has 0 fully saturated rings. The van der Waals surface area contributed by atoms with Crippen LogP contribution in [0.25, 0.3) is 10.9 Å². The van der Waals surface area contributed by atoms with Crippen LogP contribution in [0.2, 0.25) is 0 Å². The van der Waals surface area contributed by atoms with E-state index in [2.05, 4.69) is 15.8 Å². The minimum atomic E-state index is -0.432. The molecule has 0 radical (unpaired) electrons. The Morgan fingerprint density at radius 1 is 1.12 bits per heavy atom. The van der Waals surface area contributed by atoms with Gasteiger partial charge in [-0.2, -0.15) is 0 Å². The maximum absolute atomic E-state index is 12.5. The number of carbonyl (C=O) groups excluding carboxylic acids is 1. The van der Waals surface area contributed by atoms with Crippen molar-refractivity contribution >= 4 is 22.8 Å². The molecule has 0 unspecified atom stereocenters. The first-order chi connectivity index (χ1) is 12.1. The molecule has 2 aromatic heterocycles. The van der Waals surface area contributed by atoms with E-state index in [1.54, 1.807) is 36.4 Å². The van der Waals surface area contributed by atoms with Crippen LogP contribution < -0.4 is 22.0 Å². The van der Waals surface area contributed by atoms with Gasteiger partial charge in [0.15, 0.2) is 0 Å². The van der Waals surface area contributed by atoms with Crippen molar-refractivity contribution in [3.63, 3.8) is 0 Å². The van der Waals surface area contributed by atoms with Crippen LogP contribution in [0, 0.1) is 0 Å². The number of rotatable bonds is 5. The smallest absolute Gasteiger partial charge is 0.262 e. The first-order valence-corrected chi connectivity index (χ1v) is 7.80. The summed E-state index contributed by atoms with van der Waals surface area (Å²) in [7, 11) is 0. The van der Waals surface area contributed by atoms with Gasteiger partial charge in [0.1, 0.15) is 6.54 Å². The van der Waals surface area contributed by atoms with Crippen molar-refractivity contribution in [2.45, 2.75) is 20.0 Å². The molecule has 8 heteroatoms. The average molecular weight is 339 g/mol. The summed E-state index contributed by atoms with van der Waals surface area (Å²) < 4.78 is 2.70. The Morgan fingerprint density at radius 2 is 1.88 bits per heavy atom. The van der Waals surface area contributed by atoms with Crippen LogP contribution in [0.4, 0.5) is 5.95 Å². The molecule has 0 aliphatic carbocycles. The van der Waals surface area contributed by atoms with Gasteiger partial charge in [0, 0.05) is 18.8 Å². The van der Waals surface area contributed by atoms with Gasteiger partial charge in [0.05, 0.1) is 10.9 Å². The van der Waals surface area contributed by atoms with Crippen LogP contribution in [0.15, 0.2) is 58.3 Å². The van der Waals surface area contributed by atoms with Crippen molar-refractivity contribution in [2.24, 2.45) is 0 Å². The molecule has 1 amide bonds. The van der Waals surface area contributed by atoms with Crippen molar-refractivity contribution < 1.29 is 4.79 Å². The molecule has 2 heterocycles. The lowest BCUT2D eigenvalue weighted by Gasteiger charge is -2.14. The van der Waals surface area contributed by atoms with Crippen molar-refractivity contribution in [1.29, 1.82) is 0 Å². The van der Waals surface area contributed by atoms with E-state index in [0.29, 0.717) is 17.4 Å². The number of hydrazine groups is 1. The topological polar surface area (TPSA) is 98.0 Å². The number of aromatic nitrogens is 3. The Hall–Kier alpha value is -3.42. The Kier molecular flexibility index (Phi) is 4.60. The lowest BCUT2D eigenvalue weighted by atomic mass is 10.2. The van der Waals surface area contributed by atoms with E-state index in [4.69, 9.17) is 0 Å². The minimum absolute atomic E-state index is 0.142. The van der Waals surface area contributed by atoms with E-state index in [-0.39, 0.29) is 23.6 Å². The number of benzene rings is 1. The fourth-order valence-electron chi connectivity index (χ4n) is 2.47. The fraction of sp³-hybridized carbons (Fsp3) is 0.176. The molecule has 2 N–H and O–H groups in total. The third kappa shape index (κ3) is 3.42. The molecule has 8 nitrogen and oxygen atoms in total. The number of anilines is 1. The Balaban J connectivity index is 1.81. The van der Waals surface area contributed by atoms with Gasteiger partial charge in [-0.05, 0) is 25.1 Å². The van der Waals surface area contributed by atoms with E-state index < -0.39 is 5.91 Å². The molecule has 0 spiro atoms. The standard InChI is InChI=1S/C17H17N5O3/c1-2-22-16(25)12-7-3-4-8-13(12)18-17(22)20-19-14(23)11-21-10-6-5-9-15(21)24/h3-10H,2,11H2,1H3,(H,18,20)(H,19,23). The van der Waals surface area contributed by atoms with Gasteiger partial charge in [0.2, 0.25) is 5.95 Å². The van der Waals surface area contributed by atoms with Crippen LogP contribution in [-0.2, 0) is 17.9 Å². The molecule has 0 saturated heterocycles. The van der Waals surface area contributed by atoms with Crippen molar-refractivity contribution in [3.05, 3.63) is 69.4 Å². The highest BCUT2D eigenvalue weighted by molar-refractivity contribution is 5.79. The van der Waals surface area contributed by atoms with E-state index in [9.17, 15) is 14.4 Å². The summed E-state index contributed by atoms with van der Waals surface area (Å²) in [6.07, 6.45) is 1.53. The number of nitrogens with one attached hydrogen (secondary N) is 2. The summed E-state index contributed by atoms with van der Waals surface area (Å²) in [6.45, 7) is 2.07. The Morgan fingerprint density at radius 3 is 2.64 bits per heavy atom. The normalized spacial score (nSPS) is 10.6. The second-order valence-corrected chi connectivity index (χ2v) is 5.34. The second kappa shape index (κ2) is 7.00. The zero-order chi connectivity index (χ0) is 17.8. The summed E-state index contributed by atoms with van der Waals surface area (Å²) in [4.78, 5) is 40.5. The molecular weight excluding hydrogens is 322 g/mol. The predicted molar refractivity (Wildman–Crippen MR) is 94.1 cm³/mol. The highest BCUT2D eigenvalue weighted by Gasteiger charge is 2.10. The van der Waals surface area contributed by atoms with Crippen LogP contribution in [0.1, 0.15) is 6.92 Å². The van der Waals surface area contributed by atoms with E-state index in [0.717, 1.165) is 0 Å². The number of hydrogen-bond acceptors (Lipinski definition) is 5. The van der Waals surface area contributed by atoms with Gasteiger partial charge < -0.3 is 4.57 Å². The number of nitrogens with zero attached hydrogens (tertiary/aromatic N) is 3. The summed E-state index contributed by atoms with van der Waals surface area (Å²) in [5, 5.41) is 0.511. The monoisotopic (exact) mass is 339 g/mol. The zero-order valence-electron chi connectivity index (χ0n) is 13.6. The molecule has 0 aliphatic heterocycles. The molecule has 3 rings (SSSR count). The molecule has 0 bridgehead atoms. The molecule has 128 valence electrons. The lowest BCUT2D eigenvalue weighted by Crippen LogP contribution is -2.37. The van der Waals surface area contributed by atoms with Crippen LogP contribution in [0.5, 0.6) is 0 Å². The lowest BCUT2D eigenvalue weighted by molar-refractivity contribution is -0.121. The predicted octanol–water partition coefficient (Wildman–Crippen LogP) is 0.721. The molecular formula is C17H17N5O3. The fourth-order valence-corrected chi connectivity index (χ4v) is 2.47. The van der Waals surface area contributed by atoms with Crippen LogP contribution in [-0.4, -0.2) is 20.0 Å². The van der Waals surface area contributed by atoms with E-state index in [1.807, 2.05) is 6.92 Å². The summed E-state index contributed by atoms with van der Waals surface area (Å²) in [6, 6.07) is 11.7. The van der Waals surface area contributed by atoms with Crippen molar-refractivity contribution in [2.75, 3.05) is 5.43 Å². The number of carbonyl (C=O) groups is 1. The molecule has 0 atom stereocenters. The van der Waals surface area contributed by atoms with Gasteiger partial charge in [0.25, 0.3) is 17.0 Å². The molecule has 0 aliphatic rings. The van der Waals surface area contributed by atoms with E-state index >= 15 is 0 Å². The third-order valence-electron chi connectivity index (χ3n) is 3.70. The third-order valence-corrected chi connectivity index (χ3v) is 3.70. The van der Waals surface area contributed by atoms with Crippen molar-refractivity contribution in [1.82, 2.24) is 19.5 Å². The van der Waals surface area contributed by atoms with E-state index in [1.165, 1.54) is 21.4 Å². The number of hydrogen-bond donors (Lipinski definition) is 2. The summed E-state index contributed by atoms with van der Waals surface area (Å²) >= 11 is 0. The molecule has 25 heavy (non-hydrogen) atoms. The minimum Gasteiger partial charge on any atom is -0.306 e. The number of pyridine rings is 1. The maximum Gasteiger partial charge on any atom is 0.262 e. The number of para-hydroxylation sites is 1. The van der Waals surface area contributed by atoms with Gasteiger partial charge in [-0.25, -0.2) is 4.98 Å². The highest BCUT2D eigenvalue weighted by atomic mass is 16.2. The highest BCUT2D eigenvalue weighted by Crippen LogP contribution is 2.10. The zero-order valence-corrected chi connectivity index (χ0v) is 13.6. The van der Waals surface area contributed by atoms with Crippen molar-refractivity contribution in [3.8, 4) is 0 Å². The Bertz CT molecular complexity index is 1040. The van der Waals surface area contributed by atoms with Gasteiger partial charge >= 0.3 is 0 Å². The van der Waals surface area contributed by atoms with Gasteiger partial charge in [-0.3, -0.25) is 29.8 Å². The average Bonchev–Trinajstić information content (AvgIpc) is 2.62. The summed E-state index contributed by atoms with van der Waals surface area (Å²) in [5.74, 6) is -0.196. The van der Waals surface area contributed by atoms with Crippen LogP contribution in [0.3, 0.4) is 0 Å². The van der Waals surface area contributed by atoms with Gasteiger partial charge in [-0.1, -0.05) is 18.2 Å². The second-order valence-electron chi connectivity index (χ2n) is 5.34. The summed E-state index contributed by atoms with van der Waals surface area (Å²) in [5.41, 5.74) is 5.22. The largest absolute Gasteiger partial charge is 0.306 e. The number of amides is 1. The SMILES string of the molecule is CCn1c(NNC(=O)Cn2ccccc2=O)nc2ccccc2c1=O. The molecule has 3 aromatic rings.